The van der Waals surface area contributed by atoms with Crippen molar-refractivity contribution >= 4 is 0 Å². The minimum atomic E-state index is -0.513. The molecule has 4 heteroatoms. The topological polar surface area (TPSA) is 41.6 Å². The van der Waals surface area contributed by atoms with Crippen molar-refractivity contribution in [1.29, 1.82) is 5.26 Å². The zero-order valence-electron chi connectivity index (χ0n) is 10.7. The first-order chi connectivity index (χ1) is 8.60. The maximum Gasteiger partial charge on any atom is 0.143 e. The van der Waals surface area contributed by atoms with E-state index < -0.39 is 5.82 Å². The minimum Gasteiger partial charge on any atom is -0.236 e. The summed E-state index contributed by atoms with van der Waals surface area (Å²) in [5.74, 6) is -0.513. The average Bonchev–Trinajstić information content (AvgIpc) is 2.64. The van der Waals surface area contributed by atoms with Gasteiger partial charge in [-0.3, -0.25) is 0 Å². The molecule has 2 rings (SSSR count). The molecular weight excluding hydrogens is 229 g/mol. The van der Waals surface area contributed by atoms with E-state index in [1.165, 1.54) is 6.07 Å². The SMILES string of the molecule is CCc1c(C)nn(-c2cccc(F)c2C#N)c1C. The number of aryl methyl sites for hydroxylation is 1. The van der Waals surface area contributed by atoms with Gasteiger partial charge in [0.1, 0.15) is 17.4 Å². The second kappa shape index (κ2) is 4.61. The van der Waals surface area contributed by atoms with E-state index in [9.17, 15) is 4.39 Å². The Kier molecular flexibility index (Phi) is 3.15. The monoisotopic (exact) mass is 243 g/mol. The third kappa shape index (κ3) is 1.78. The Morgan fingerprint density at radius 1 is 1.39 bits per heavy atom. The molecule has 1 heterocycles. The summed E-state index contributed by atoms with van der Waals surface area (Å²) < 4.78 is 15.2. The molecule has 1 aromatic heterocycles. The molecule has 18 heavy (non-hydrogen) atoms. The van der Waals surface area contributed by atoms with Gasteiger partial charge in [0.05, 0.1) is 11.4 Å². The van der Waals surface area contributed by atoms with Crippen LogP contribution in [0.25, 0.3) is 5.69 Å². The summed E-state index contributed by atoms with van der Waals surface area (Å²) in [5.41, 5.74) is 3.55. The maximum absolute atomic E-state index is 13.6. The highest BCUT2D eigenvalue weighted by Crippen LogP contribution is 2.22. The van der Waals surface area contributed by atoms with Crippen molar-refractivity contribution in [3.8, 4) is 11.8 Å². The van der Waals surface area contributed by atoms with Gasteiger partial charge in [-0.1, -0.05) is 13.0 Å². The van der Waals surface area contributed by atoms with E-state index >= 15 is 0 Å². The largest absolute Gasteiger partial charge is 0.236 e. The van der Waals surface area contributed by atoms with Gasteiger partial charge < -0.3 is 0 Å². The van der Waals surface area contributed by atoms with Crippen molar-refractivity contribution in [3.63, 3.8) is 0 Å². The lowest BCUT2D eigenvalue weighted by molar-refractivity contribution is 0.620. The Bertz CT molecular complexity index is 635. The Balaban J connectivity index is 2.71. The molecule has 0 aliphatic heterocycles. The van der Waals surface area contributed by atoms with E-state index in [1.807, 2.05) is 19.9 Å². The molecule has 3 nitrogen and oxygen atoms in total. The summed E-state index contributed by atoms with van der Waals surface area (Å²) in [6.07, 6.45) is 0.870. The first-order valence-corrected chi connectivity index (χ1v) is 5.84. The third-order valence-electron chi connectivity index (χ3n) is 3.13. The lowest BCUT2D eigenvalue weighted by Crippen LogP contribution is -2.03. The maximum atomic E-state index is 13.6. The first kappa shape index (κ1) is 12.3. The molecule has 0 aliphatic carbocycles. The number of halogens is 1. The average molecular weight is 243 g/mol. The number of hydrogen-bond donors (Lipinski definition) is 0. The van der Waals surface area contributed by atoms with Gasteiger partial charge >= 0.3 is 0 Å². The van der Waals surface area contributed by atoms with Crippen molar-refractivity contribution in [2.75, 3.05) is 0 Å². The second-order valence-electron chi connectivity index (χ2n) is 4.16. The zero-order valence-corrected chi connectivity index (χ0v) is 10.7. The first-order valence-electron chi connectivity index (χ1n) is 5.84. The summed E-state index contributed by atoms with van der Waals surface area (Å²) >= 11 is 0. The Morgan fingerprint density at radius 2 is 2.11 bits per heavy atom. The highest BCUT2D eigenvalue weighted by Gasteiger charge is 2.15. The van der Waals surface area contributed by atoms with Gasteiger partial charge in [-0.25, -0.2) is 9.07 Å². The van der Waals surface area contributed by atoms with E-state index in [1.54, 1.807) is 16.8 Å². The lowest BCUT2D eigenvalue weighted by atomic mass is 10.1. The lowest BCUT2D eigenvalue weighted by Gasteiger charge is -2.07. The fourth-order valence-corrected chi connectivity index (χ4v) is 2.22. The molecule has 0 amide bonds. The van der Waals surface area contributed by atoms with Crippen molar-refractivity contribution in [2.24, 2.45) is 0 Å². The van der Waals surface area contributed by atoms with E-state index in [2.05, 4.69) is 12.0 Å². The number of benzene rings is 1. The standard InChI is InChI=1S/C14H14FN3/c1-4-11-9(2)17-18(10(11)3)14-7-5-6-13(15)12(14)8-16/h5-7H,4H2,1-3H3. The van der Waals surface area contributed by atoms with Crippen LogP contribution < -0.4 is 0 Å². The van der Waals surface area contributed by atoms with Crippen LogP contribution in [-0.4, -0.2) is 9.78 Å². The summed E-state index contributed by atoms with van der Waals surface area (Å²) in [6, 6.07) is 6.49. The molecule has 0 radical (unpaired) electrons. The predicted octanol–water partition coefficient (Wildman–Crippen LogP) is 3.06. The molecule has 0 unspecified atom stereocenters. The summed E-state index contributed by atoms with van der Waals surface area (Å²) in [5, 5.41) is 13.5. The van der Waals surface area contributed by atoms with Crippen molar-refractivity contribution in [1.82, 2.24) is 9.78 Å². The van der Waals surface area contributed by atoms with Crippen molar-refractivity contribution < 1.29 is 4.39 Å². The van der Waals surface area contributed by atoms with Crippen LogP contribution in [-0.2, 0) is 6.42 Å². The van der Waals surface area contributed by atoms with Crippen LogP contribution in [0.5, 0.6) is 0 Å². The van der Waals surface area contributed by atoms with Crippen LogP contribution in [0.15, 0.2) is 18.2 Å². The summed E-state index contributed by atoms with van der Waals surface area (Å²) in [4.78, 5) is 0. The Labute approximate surface area is 105 Å². The quantitative estimate of drug-likeness (QED) is 0.813. The van der Waals surface area contributed by atoms with E-state index in [4.69, 9.17) is 5.26 Å². The van der Waals surface area contributed by atoms with Crippen LogP contribution in [0, 0.1) is 31.0 Å². The van der Waals surface area contributed by atoms with Gasteiger partial charge in [-0.05, 0) is 38.0 Å². The van der Waals surface area contributed by atoms with Crippen LogP contribution in [0.3, 0.4) is 0 Å². The molecule has 1 aromatic carbocycles. The van der Waals surface area contributed by atoms with Crippen LogP contribution in [0.2, 0.25) is 0 Å². The van der Waals surface area contributed by atoms with E-state index in [0.717, 1.165) is 23.4 Å². The highest BCUT2D eigenvalue weighted by molar-refractivity contribution is 5.50. The van der Waals surface area contributed by atoms with Crippen LogP contribution >= 0.6 is 0 Å². The normalized spacial score (nSPS) is 10.4. The molecular formula is C14H14FN3. The van der Waals surface area contributed by atoms with Crippen LogP contribution in [0.4, 0.5) is 4.39 Å². The highest BCUT2D eigenvalue weighted by atomic mass is 19.1. The third-order valence-corrected chi connectivity index (χ3v) is 3.13. The summed E-state index contributed by atoms with van der Waals surface area (Å²) in [7, 11) is 0. The Hall–Kier alpha value is -2.15. The van der Waals surface area contributed by atoms with E-state index in [0.29, 0.717) is 5.69 Å². The van der Waals surface area contributed by atoms with Crippen LogP contribution in [0.1, 0.15) is 29.4 Å². The van der Waals surface area contributed by atoms with Gasteiger partial charge in [0.25, 0.3) is 0 Å². The molecule has 0 spiro atoms. The number of nitrogens with zero attached hydrogens (tertiary/aromatic N) is 3. The number of aromatic nitrogens is 2. The molecule has 92 valence electrons. The molecule has 0 saturated carbocycles. The molecule has 0 aliphatic rings. The number of nitriles is 1. The smallest absolute Gasteiger partial charge is 0.143 e. The van der Waals surface area contributed by atoms with Crippen molar-refractivity contribution in [3.05, 3.63) is 46.5 Å². The fourth-order valence-electron chi connectivity index (χ4n) is 2.22. The molecule has 0 atom stereocenters. The fraction of sp³-hybridized carbons (Fsp3) is 0.286. The van der Waals surface area contributed by atoms with Gasteiger partial charge in [0.15, 0.2) is 0 Å². The van der Waals surface area contributed by atoms with Gasteiger partial charge in [-0.2, -0.15) is 10.4 Å². The second-order valence-corrected chi connectivity index (χ2v) is 4.16. The van der Waals surface area contributed by atoms with Gasteiger partial charge in [0, 0.05) is 5.69 Å². The molecule has 0 N–H and O–H groups in total. The predicted molar refractivity (Wildman–Crippen MR) is 67.1 cm³/mol. The molecule has 2 aromatic rings. The molecule has 0 bridgehead atoms. The van der Waals surface area contributed by atoms with Crippen molar-refractivity contribution in [2.45, 2.75) is 27.2 Å². The Morgan fingerprint density at radius 3 is 2.67 bits per heavy atom. The van der Waals surface area contributed by atoms with Gasteiger partial charge in [-0.15, -0.1) is 0 Å². The van der Waals surface area contributed by atoms with E-state index in [-0.39, 0.29) is 5.56 Å². The summed E-state index contributed by atoms with van der Waals surface area (Å²) in [6.45, 7) is 5.91. The molecule has 0 saturated heterocycles. The number of hydrogen-bond acceptors (Lipinski definition) is 2. The molecule has 0 fully saturated rings. The zero-order chi connectivity index (χ0) is 13.3. The minimum absolute atomic E-state index is 0.0331. The number of rotatable bonds is 2. The van der Waals surface area contributed by atoms with Gasteiger partial charge in [0.2, 0.25) is 0 Å².